The Morgan fingerprint density at radius 2 is 2.05 bits per heavy atom. The molecule has 0 amide bonds. The molecule has 0 N–H and O–H groups in total. The van der Waals surface area contributed by atoms with Crippen LogP contribution in [0.3, 0.4) is 0 Å². The van der Waals surface area contributed by atoms with Crippen molar-refractivity contribution in [1.82, 2.24) is 0 Å². The van der Waals surface area contributed by atoms with Crippen LogP contribution in [0.4, 0.5) is 0 Å². The highest BCUT2D eigenvalue weighted by molar-refractivity contribution is 9.10. The molecule has 2 fully saturated rings. The number of carbonyl (C=O) groups excluding carboxylic acids is 1. The number of Topliss-reactive ketones (excluding diaryl/α,β-unsaturated/α-hetero) is 1. The van der Waals surface area contributed by atoms with Gasteiger partial charge >= 0.3 is 0 Å². The van der Waals surface area contributed by atoms with Crippen molar-refractivity contribution in [3.05, 3.63) is 33.3 Å². The molecule has 0 aliphatic carbocycles. The molecule has 2 heterocycles. The van der Waals surface area contributed by atoms with E-state index in [-0.39, 0.29) is 17.3 Å². The van der Waals surface area contributed by atoms with Crippen LogP contribution in [0.1, 0.15) is 36.0 Å². The molecule has 5 heteroatoms. The highest BCUT2D eigenvalue weighted by Gasteiger charge is 2.41. The number of ether oxygens (including phenoxy) is 2. The van der Waals surface area contributed by atoms with Gasteiger partial charge in [-0.3, -0.25) is 4.79 Å². The molecule has 114 valence electrons. The average Bonchev–Trinajstić information content (AvgIpc) is 2.50. The van der Waals surface area contributed by atoms with E-state index >= 15 is 0 Å². The van der Waals surface area contributed by atoms with Gasteiger partial charge in [-0.2, -0.15) is 0 Å². The number of rotatable bonds is 2. The van der Waals surface area contributed by atoms with Crippen molar-refractivity contribution in [3.8, 4) is 0 Å². The molecule has 2 aliphatic rings. The van der Waals surface area contributed by atoms with Gasteiger partial charge in [0.2, 0.25) is 0 Å². The van der Waals surface area contributed by atoms with Gasteiger partial charge in [0.05, 0.1) is 10.6 Å². The van der Waals surface area contributed by atoms with Crippen molar-refractivity contribution in [1.29, 1.82) is 0 Å². The van der Waals surface area contributed by atoms with Gasteiger partial charge in [0.15, 0.2) is 5.78 Å². The third-order valence-corrected chi connectivity index (χ3v) is 5.69. The lowest BCUT2D eigenvalue weighted by atomic mass is 9.78. The first-order valence-corrected chi connectivity index (χ1v) is 8.48. The summed E-state index contributed by atoms with van der Waals surface area (Å²) in [5, 5.41) is 0.624. The summed E-state index contributed by atoms with van der Waals surface area (Å²) in [7, 11) is 0. The van der Waals surface area contributed by atoms with Gasteiger partial charge in [-0.25, -0.2) is 0 Å². The van der Waals surface area contributed by atoms with Crippen LogP contribution in [0, 0.1) is 5.92 Å². The monoisotopic (exact) mass is 372 g/mol. The van der Waals surface area contributed by atoms with E-state index in [1.54, 1.807) is 6.07 Å². The minimum atomic E-state index is -0.152. The largest absolute Gasteiger partial charge is 0.381 e. The lowest BCUT2D eigenvalue weighted by Gasteiger charge is -2.42. The van der Waals surface area contributed by atoms with E-state index in [1.807, 2.05) is 12.1 Å². The van der Waals surface area contributed by atoms with Gasteiger partial charge in [-0.05, 0) is 59.8 Å². The zero-order valence-corrected chi connectivity index (χ0v) is 14.1. The minimum absolute atomic E-state index is 0.0323. The fraction of sp³-hybridized carbons (Fsp3) is 0.562. The van der Waals surface area contributed by atoms with E-state index in [1.165, 1.54) is 0 Å². The zero-order valence-electron chi connectivity index (χ0n) is 11.7. The second kappa shape index (κ2) is 6.37. The van der Waals surface area contributed by atoms with Crippen LogP contribution < -0.4 is 0 Å². The number of halogens is 2. The van der Waals surface area contributed by atoms with E-state index in [0.717, 1.165) is 48.9 Å². The standard InChI is InChI=1S/C16H18BrClO3/c17-13-9-11(1-2-14(13)18)15(19)12-3-6-21-16(10-12)4-7-20-8-5-16/h1-2,9,12H,3-8,10H2. The molecule has 0 radical (unpaired) electrons. The summed E-state index contributed by atoms with van der Waals surface area (Å²) in [6.07, 6.45) is 3.37. The Morgan fingerprint density at radius 1 is 1.29 bits per heavy atom. The molecule has 2 saturated heterocycles. The summed E-state index contributed by atoms with van der Waals surface area (Å²) >= 11 is 9.38. The molecule has 1 aromatic carbocycles. The van der Waals surface area contributed by atoms with Crippen LogP contribution in [-0.2, 0) is 9.47 Å². The van der Waals surface area contributed by atoms with Crippen molar-refractivity contribution in [2.24, 2.45) is 5.92 Å². The van der Waals surface area contributed by atoms with Crippen molar-refractivity contribution in [3.63, 3.8) is 0 Å². The number of benzene rings is 1. The molecule has 1 unspecified atom stereocenters. The molecule has 1 spiro atoms. The van der Waals surface area contributed by atoms with E-state index < -0.39 is 0 Å². The fourth-order valence-corrected chi connectivity index (χ4v) is 3.72. The van der Waals surface area contributed by atoms with Crippen LogP contribution >= 0.6 is 27.5 Å². The molecular weight excluding hydrogens is 356 g/mol. The fourth-order valence-electron chi connectivity index (χ4n) is 3.23. The molecule has 2 aliphatic heterocycles. The molecule has 3 nitrogen and oxygen atoms in total. The first-order valence-electron chi connectivity index (χ1n) is 7.31. The molecule has 0 saturated carbocycles. The second-order valence-corrected chi connectivity index (χ2v) is 7.09. The lowest BCUT2D eigenvalue weighted by molar-refractivity contribution is -0.142. The van der Waals surface area contributed by atoms with E-state index in [0.29, 0.717) is 11.6 Å². The summed E-state index contributed by atoms with van der Waals surface area (Å²) in [6, 6.07) is 5.39. The van der Waals surface area contributed by atoms with Crippen molar-refractivity contribution in [2.75, 3.05) is 19.8 Å². The van der Waals surface area contributed by atoms with Crippen molar-refractivity contribution >= 4 is 33.3 Å². The zero-order chi connectivity index (χ0) is 14.9. The molecule has 1 atom stereocenters. The van der Waals surface area contributed by atoms with E-state index in [9.17, 15) is 4.79 Å². The smallest absolute Gasteiger partial charge is 0.166 e. The average molecular weight is 374 g/mol. The Morgan fingerprint density at radius 3 is 2.76 bits per heavy atom. The van der Waals surface area contributed by atoms with Crippen LogP contribution in [0.5, 0.6) is 0 Å². The maximum Gasteiger partial charge on any atom is 0.166 e. The Kier molecular flexibility index (Phi) is 4.69. The van der Waals surface area contributed by atoms with Crippen molar-refractivity contribution in [2.45, 2.75) is 31.3 Å². The molecule has 0 aromatic heterocycles. The number of hydrogen-bond acceptors (Lipinski definition) is 3. The molecular formula is C16H18BrClO3. The minimum Gasteiger partial charge on any atom is -0.381 e. The van der Waals surface area contributed by atoms with Gasteiger partial charge in [-0.15, -0.1) is 0 Å². The highest BCUT2D eigenvalue weighted by atomic mass is 79.9. The third-order valence-electron chi connectivity index (χ3n) is 4.47. The van der Waals surface area contributed by atoms with E-state index in [4.69, 9.17) is 21.1 Å². The third kappa shape index (κ3) is 3.34. The maximum absolute atomic E-state index is 12.7. The quantitative estimate of drug-likeness (QED) is 0.727. The Hall–Kier alpha value is -0.420. The lowest BCUT2D eigenvalue weighted by Crippen LogP contribution is -2.45. The summed E-state index contributed by atoms with van der Waals surface area (Å²) in [4.78, 5) is 12.7. The normalized spacial score (nSPS) is 25.0. The van der Waals surface area contributed by atoms with Gasteiger partial charge < -0.3 is 9.47 Å². The molecule has 21 heavy (non-hydrogen) atoms. The topological polar surface area (TPSA) is 35.5 Å². The highest BCUT2D eigenvalue weighted by Crippen LogP contribution is 2.38. The van der Waals surface area contributed by atoms with Gasteiger partial charge in [0, 0.05) is 35.8 Å². The number of carbonyl (C=O) groups is 1. The SMILES string of the molecule is O=C(c1ccc(Cl)c(Br)c1)C1CCOC2(CCOCC2)C1. The molecule has 1 aromatic rings. The number of hydrogen-bond donors (Lipinski definition) is 0. The van der Waals surface area contributed by atoms with Crippen LogP contribution in [0.2, 0.25) is 5.02 Å². The summed E-state index contributed by atoms with van der Waals surface area (Å²) < 4.78 is 12.2. The predicted molar refractivity (Wildman–Crippen MR) is 84.9 cm³/mol. The maximum atomic E-state index is 12.7. The predicted octanol–water partition coefficient (Wildman–Crippen LogP) is 4.26. The summed E-state index contributed by atoms with van der Waals surface area (Å²) in [5.74, 6) is 0.228. The first-order chi connectivity index (χ1) is 10.1. The Balaban J connectivity index is 1.76. The molecule has 0 bridgehead atoms. The second-order valence-electron chi connectivity index (χ2n) is 5.83. The van der Waals surface area contributed by atoms with Crippen molar-refractivity contribution < 1.29 is 14.3 Å². The molecule has 3 rings (SSSR count). The van der Waals surface area contributed by atoms with E-state index in [2.05, 4.69) is 15.9 Å². The first kappa shape index (κ1) is 15.5. The number of ketones is 1. The van der Waals surface area contributed by atoms with Crippen LogP contribution in [0.15, 0.2) is 22.7 Å². The van der Waals surface area contributed by atoms with Gasteiger partial charge in [0.25, 0.3) is 0 Å². The Bertz CT molecular complexity index is 535. The Labute approximate surface area is 138 Å². The van der Waals surface area contributed by atoms with Crippen LogP contribution in [-0.4, -0.2) is 31.2 Å². The summed E-state index contributed by atoms with van der Waals surface area (Å²) in [6.45, 7) is 2.12. The van der Waals surface area contributed by atoms with Gasteiger partial charge in [-0.1, -0.05) is 11.6 Å². The van der Waals surface area contributed by atoms with Crippen LogP contribution in [0.25, 0.3) is 0 Å². The summed E-state index contributed by atoms with van der Waals surface area (Å²) in [5.41, 5.74) is 0.570. The van der Waals surface area contributed by atoms with Gasteiger partial charge in [0.1, 0.15) is 0 Å².